The Hall–Kier alpha value is -2.32. The molecular formula is C17H23N3O5. The molecule has 0 radical (unpaired) electrons. The first-order valence-corrected chi connectivity index (χ1v) is 8.31. The Kier molecular flexibility index (Phi) is 5.72. The highest BCUT2D eigenvalue weighted by molar-refractivity contribution is 5.74. The fourth-order valence-corrected chi connectivity index (χ4v) is 2.74. The summed E-state index contributed by atoms with van der Waals surface area (Å²) < 4.78 is 21.8. The van der Waals surface area contributed by atoms with Crippen molar-refractivity contribution in [3.63, 3.8) is 0 Å². The highest BCUT2D eigenvalue weighted by atomic mass is 16.5. The summed E-state index contributed by atoms with van der Waals surface area (Å²) in [4.78, 5) is 12.1. The number of amides is 2. The van der Waals surface area contributed by atoms with E-state index in [1.54, 1.807) is 12.3 Å². The van der Waals surface area contributed by atoms with Gasteiger partial charge in [0.2, 0.25) is 0 Å². The number of aryl methyl sites for hydroxylation is 2. The van der Waals surface area contributed by atoms with Crippen molar-refractivity contribution in [2.45, 2.75) is 45.6 Å². The van der Waals surface area contributed by atoms with Gasteiger partial charge in [0.1, 0.15) is 17.6 Å². The maximum atomic E-state index is 12.1. The third kappa shape index (κ3) is 4.61. The van der Waals surface area contributed by atoms with E-state index in [1.807, 2.05) is 19.9 Å². The second-order valence-electron chi connectivity index (χ2n) is 6.03. The van der Waals surface area contributed by atoms with Crippen molar-refractivity contribution in [2.24, 2.45) is 0 Å². The highest BCUT2D eigenvalue weighted by Crippen LogP contribution is 2.18. The highest BCUT2D eigenvalue weighted by Gasteiger charge is 2.28. The molecule has 136 valence electrons. The van der Waals surface area contributed by atoms with E-state index in [0.29, 0.717) is 38.5 Å². The zero-order valence-electron chi connectivity index (χ0n) is 14.4. The third-order valence-corrected chi connectivity index (χ3v) is 4.25. The van der Waals surface area contributed by atoms with E-state index in [9.17, 15) is 4.79 Å². The summed E-state index contributed by atoms with van der Waals surface area (Å²) in [7, 11) is 0. The van der Waals surface area contributed by atoms with E-state index >= 15 is 0 Å². The van der Waals surface area contributed by atoms with E-state index < -0.39 is 0 Å². The SMILES string of the molecule is Cc1noc(C)c1CO[C@@H]1COCC[C@H]1NC(=O)NCc1ccco1. The lowest BCUT2D eigenvalue weighted by molar-refractivity contribution is -0.0733. The lowest BCUT2D eigenvalue weighted by Gasteiger charge is -2.32. The van der Waals surface area contributed by atoms with Crippen LogP contribution in [0.5, 0.6) is 0 Å². The molecule has 2 N–H and O–H groups in total. The van der Waals surface area contributed by atoms with Gasteiger partial charge in [0.25, 0.3) is 0 Å². The number of urea groups is 1. The first-order valence-electron chi connectivity index (χ1n) is 8.31. The Balaban J connectivity index is 1.50. The van der Waals surface area contributed by atoms with Gasteiger partial charge in [0.15, 0.2) is 0 Å². The number of rotatable bonds is 6. The standard InChI is InChI=1S/C17H23N3O5/c1-11-14(12(2)25-20-11)9-24-16-10-22-7-5-15(16)19-17(21)18-8-13-4-3-6-23-13/h3-4,6,15-16H,5,7-10H2,1-2H3,(H2,18,19,21)/t15-,16-/m1/s1. The monoisotopic (exact) mass is 349 g/mol. The van der Waals surface area contributed by atoms with Gasteiger partial charge < -0.3 is 29.0 Å². The number of hydrogen-bond donors (Lipinski definition) is 2. The zero-order valence-corrected chi connectivity index (χ0v) is 14.4. The first kappa shape index (κ1) is 17.5. The van der Waals surface area contributed by atoms with Crippen molar-refractivity contribution < 1.29 is 23.2 Å². The summed E-state index contributed by atoms with van der Waals surface area (Å²) in [5, 5.41) is 9.65. The van der Waals surface area contributed by atoms with E-state index in [2.05, 4.69) is 15.8 Å². The van der Waals surface area contributed by atoms with Gasteiger partial charge in [0.05, 0.1) is 37.8 Å². The minimum atomic E-state index is -0.255. The number of carbonyl (C=O) groups excluding carboxylic acids is 1. The number of aromatic nitrogens is 1. The molecule has 2 amide bonds. The lowest BCUT2D eigenvalue weighted by atomic mass is 10.1. The molecule has 1 fully saturated rings. The molecule has 2 atom stereocenters. The predicted molar refractivity (Wildman–Crippen MR) is 87.9 cm³/mol. The van der Waals surface area contributed by atoms with Crippen LogP contribution in [-0.2, 0) is 22.6 Å². The Bertz CT molecular complexity index is 663. The van der Waals surface area contributed by atoms with Crippen molar-refractivity contribution >= 4 is 6.03 Å². The lowest BCUT2D eigenvalue weighted by Crippen LogP contribution is -2.52. The molecule has 0 bridgehead atoms. The number of nitrogens with one attached hydrogen (secondary N) is 2. The van der Waals surface area contributed by atoms with Crippen molar-refractivity contribution in [1.29, 1.82) is 0 Å². The van der Waals surface area contributed by atoms with Gasteiger partial charge in [-0.3, -0.25) is 0 Å². The summed E-state index contributed by atoms with van der Waals surface area (Å²) in [6.07, 6.45) is 2.05. The topological polar surface area (TPSA) is 98.8 Å². The Morgan fingerprint density at radius 3 is 3.04 bits per heavy atom. The van der Waals surface area contributed by atoms with Crippen LogP contribution in [0.1, 0.15) is 29.2 Å². The molecule has 2 aromatic heterocycles. The first-order chi connectivity index (χ1) is 12.1. The van der Waals surface area contributed by atoms with Crippen LogP contribution in [0.15, 0.2) is 27.3 Å². The number of furan rings is 1. The summed E-state index contributed by atoms with van der Waals surface area (Å²) in [5.74, 6) is 1.45. The van der Waals surface area contributed by atoms with Crippen LogP contribution in [0, 0.1) is 13.8 Å². The van der Waals surface area contributed by atoms with Gasteiger partial charge in [-0.15, -0.1) is 0 Å². The molecule has 0 spiro atoms. The zero-order chi connectivity index (χ0) is 17.6. The molecule has 1 aliphatic heterocycles. The molecule has 8 heteroatoms. The van der Waals surface area contributed by atoms with Crippen LogP contribution >= 0.6 is 0 Å². The molecule has 25 heavy (non-hydrogen) atoms. The van der Waals surface area contributed by atoms with Crippen molar-refractivity contribution in [1.82, 2.24) is 15.8 Å². The molecule has 3 rings (SSSR count). The average molecular weight is 349 g/mol. The van der Waals surface area contributed by atoms with Gasteiger partial charge in [-0.25, -0.2) is 4.79 Å². The van der Waals surface area contributed by atoms with Gasteiger partial charge in [0, 0.05) is 12.2 Å². The van der Waals surface area contributed by atoms with Crippen LogP contribution in [-0.4, -0.2) is 36.5 Å². The third-order valence-electron chi connectivity index (χ3n) is 4.25. The largest absolute Gasteiger partial charge is 0.467 e. The van der Waals surface area contributed by atoms with Crippen LogP contribution < -0.4 is 10.6 Å². The fourth-order valence-electron chi connectivity index (χ4n) is 2.74. The molecule has 1 saturated heterocycles. The van der Waals surface area contributed by atoms with Crippen molar-refractivity contribution in [3.05, 3.63) is 41.2 Å². The van der Waals surface area contributed by atoms with E-state index in [0.717, 1.165) is 17.0 Å². The molecule has 8 nitrogen and oxygen atoms in total. The minimum Gasteiger partial charge on any atom is -0.467 e. The molecule has 0 aliphatic carbocycles. The van der Waals surface area contributed by atoms with Crippen molar-refractivity contribution in [3.8, 4) is 0 Å². The van der Waals surface area contributed by atoms with E-state index in [4.69, 9.17) is 18.4 Å². The molecule has 1 aliphatic rings. The molecule has 3 heterocycles. The van der Waals surface area contributed by atoms with Gasteiger partial charge in [-0.2, -0.15) is 0 Å². The smallest absolute Gasteiger partial charge is 0.315 e. The van der Waals surface area contributed by atoms with Crippen LogP contribution in [0.4, 0.5) is 4.79 Å². The quantitative estimate of drug-likeness (QED) is 0.828. The maximum absolute atomic E-state index is 12.1. The molecule has 0 unspecified atom stereocenters. The summed E-state index contributed by atoms with van der Waals surface area (Å²) in [6.45, 7) is 5.48. The van der Waals surface area contributed by atoms with Gasteiger partial charge >= 0.3 is 6.03 Å². The Labute approximate surface area is 145 Å². The number of nitrogens with zero attached hydrogens (tertiary/aromatic N) is 1. The maximum Gasteiger partial charge on any atom is 0.315 e. The summed E-state index contributed by atoms with van der Waals surface area (Å²) in [5.41, 5.74) is 1.75. The van der Waals surface area contributed by atoms with Crippen LogP contribution in [0.25, 0.3) is 0 Å². The number of hydrogen-bond acceptors (Lipinski definition) is 6. The van der Waals surface area contributed by atoms with Gasteiger partial charge in [-0.05, 0) is 32.4 Å². The number of carbonyl (C=O) groups is 1. The van der Waals surface area contributed by atoms with E-state index in [1.165, 1.54) is 0 Å². The van der Waals surface area contributed by atoms with E-state index in [-0.39, 0.29) is 18.2 Å². The molecular weight excluding hydrogens is 326 g/mol. The predicted octanol–water partition coefficient (Wildman–Crippen LogP) is 2.06. The summed E-state index contributed by atoms with van der Waals surface area (Å²) in [6, 6.07) is 3.22. The second-order valence-corrected chi connectivity index (χ2v) is 6.03. The Morgan fingerprint density at radius 2 is 2.32 bits per heavy atom. The Morgan fingerprint density at radius 1 is 1.44 bits per heavy atom. The minimum absolute atomic E-state index is 0.120. The van der Waals surface area contributed by atoms with Crippen LogP contribution in [0.3, 0.4) is 0 Å². The molecule has 2 aromatic rings. The normalized spacial score (nSPS) is 20.4. The molecule has 0 aromatic carbocycles. The van der Waals surface area contributed by atoms with Crippen LogP contribution in [0.2, 0.25) is 0 Å². The fraction of sp³-hybridized carbons (Fsp3) is 0.529. The summed E-state index contributed by atoms with van der Waals surface area (Å²) >= 11 is 0. The number of ether oxygens (including phenoxy) is 2. The molecule has 0 saturated carbocycles. The van der Waals surface area contributed by atoms with Gasteiger partial charge in [-0.1, -0.05) is 5.16 Å². The average Bonchev–Trinajstić information content (AvgIpc) is 3.23. The van der Waals surface area contributed by atoms with Crippen molar-refractivity contribution in [2.75, 3.05) is 13.2 Å². The second kappa shape index (κ2) is 8.17.